The van der Waals surface area contributed by atoms with Crippen molar-refractivity contribution in [3.8, 4) is 0 Å². The molecule has 0 heterocycles. The normalized spacial score (nSPS) is 14.4. The van der Waals surface area contributed by atoms with Crippen molar-refractivity contribution in [2.75, 3.05) is 39.6 Å². The number of phosphoric acid groups is 2. The van der Waals surface area contributed by atoms with Crippen LogP contribution >= 0.6 is 15.6 Å². The predicted molar refractivity (Wildman–Crippen MR) is 409 cm³/mol. The summed E-state index contributed by atoms with van der Waals surface area (Å²) in [5.74, 6) is 0.182. The van der Waals surface area contributed by atoms with Crippen molar-refractivity contribution in [1.82, 2.24) is 0 Å². The van der Waals surface area contributed by atoms with Gasteiger partial charge < -0.3 is 33.8 Å². The van der Waals surface area contributed by atoms with Crippen molar-refractivity contribution in [2.45, 2.75) is 414 Å². The van der Waals surface area contributed by atoms with Crippen LogP contribution in [0, 0.1) is 17.8 Å². The Bertz CT molecular complexity index is 2040. The molecule has 0 saturated heterocycles. The molecule has 17 nitrogen and oxygen atoms in total. The molecule has 6 atom stereocenters. The molecule has 0 aliphatic carbocycles. The second-order valence-corrected chi connectivity index (χ2v) is 32.6. The van der Waals surface area contributed by atoms with Crippen molar-refractivity contribution in [1.29, 1.82) is 0 Å². The lowest BCUT2D eigenvalue weighted by Crippen LogP contribution is -2.30. The van der Waals surface area contributed by atoms with E-state index >= 15 is 0 Å². The SMILES string of the molecule is CCCCCC/C=C\C=C/CCCCCCCC(=O)O[C@H](COC(=O)CCCCCCCCC(C)C)COP(=O)(O)OC[C@H](O)COP(=O)(O)OC[C@@H](COC(=O)CCCCCCCCCCCCCCCCCC(C)C)OC(=O)CCCCCCCCCCCCCCCCC(C)CC. The summed E-state index contributed by atoms with van der Waals surface area (Å²) in [5.41, 5.74) is 0. The van der Waals surface area contributed by atoms with E-state index in [1.54, 1.807) is 0 Å². The van der Waals surface area contributed by atoms with Gasteiger partial charge in [0.2, 0.25) is 0 Å². The molecule has 0 amide bonds. The number of carbonyl (C=O) groups is 4. The molecule has 0 fully saturated rings. The van der Waals surface area contributed by atoms with E-state index in [1.807, 2.05) is 0 Å². The predicted octanol–water partition coefficient (Wildman–Crippen LogP) is 23.7. The van der Waals surface area contributed by atoms with Gasteiger partial charge in [0.15, 0.2) is 12.2 Å². The van der Waals surface area contributed by atoms with Gasteiger partial charge in [0.1, 0.15) is 19.3 Å². The first-order valence-corrected chi connectivity index (χ1v) is 44.2. The van der Waals surface area contributed by atoms with E-state index in [-0.39, 0.29) is 25.7 Å². The van der Waals surface area contributed by atoms with E-state index in [0.717, 1.165) is 121 Å². The molecule has 0 rings (SSSR count). The van der Waals surface area contributed by atoms with Crippen LogP contribution in [0.25, 0.3) is 0 Å². The van der Waals surface area contributed by atoms with Crippen LogP contribution in [-0.2, 0) is 65.4 Å². The average Bonchev–Trinajstić information content (AvgIpc) is 0.909. The van der Waals surface area contributed by atoms with Gasteiger partial charge in [0.25, 0.3) is 0 Å². The number of unbranched alkanes of at least 4 members (excludes halogenated alkanes) is 41. The van der Waals surface area contributed by atoms with Gasteiger partial charge in [0.05, 0.1) is 26.4 Å². The second-order valence-electron chi connectivity index (χ2n) is 29.7. The standard InChI is InChI=1S/C81H154O17P2/c1-8-10-11-12-13-14-15-16-18-26-31-36-41-50-57-65-81(86)98-77(69-92-79(84)63-56-49-44-43-46-53-60-73(5)6)71-96-100(89,90)94-67-75(82)66-93-99(87,88)95-70-76(97-80(85)64-58-51-42-37-32-27-22-21-24-29-34-39-47-54-61-74(7)9-2)68-91-78(83)62-55-48-40-35-30-25-20-17-19-23-28-33-38-45-52-59-72(3)4/h14-16,18,72-77,82H,8-13,17,19-71H2,1-7H3,(H,87,88)(H,89,90)/b15-14-,18-16-/t74?,75-,76-,77-/m1/s1. The Morgan fingerprint density at radius 3 is 0.890 bits per heavy atom. The zero-order chi connectivity index (χ0) is 73.7. The molecule has 0 aromatic rings. The first-order chi connectivity index (χ1) is 48.3. The van der Waals surface area contributed by atoms with Crippen molar-refractivity contribution >= 4 is 39.5 Å². The molecule has 0 spiro atoms. The first kappa shape index (κ1) is 97.5. The third kappa shape index (κ3) is 72.5. The maximum atomic E-state index is 13.1. The van der Waals surface area contributed by atoms with Gasteiger partial charge in [-0.2, -0.15) is 0 Å². The van der Waals surface area contributed by atoms with Gasteiger partial charge in [-0.05, 0) is 69.1 Å². The van der Waals surface area contributed by atoms with Gasteiger partial charge in [-0.25, -0.2) is 9.13 Å². The number of carbonyl (C=O) groups excluding carboxylic acids is 4. The Balaban J connectivity index is 5.26. The minimum atomic E-state index is -4.97. The molecular weight excluding hydrogens is 1310 g/mol. The monoisotopic (exact) mass is 1460 g/mol. The molecule has 0 aromatic carbocycles. The lowest BCUT2D eigenvalue weighted by Gasteiger charge is -2.21. The number of rotatable bonds is 77. The number of aliphatic hydroxyl groups excluding tert-OH is 1. The van der Waals surface area contributed by atoms with Crippen LogP contribution in [0.5, 0.6) is 0 Å². The minimum absolute atomic E-state index is 0.0839. The molecule has 19 heteroatoms. The number of ether oxygens (including phenoxy) is 4. The molecule has 0 saturated carbocycles. The Labute approximate surface area is 612 Å². The van der Waals surface area contributed by atoms with Gasteiger partial charge in [-0.1, -0.05) is 342 Å². The highest BCUT2D eigenvalue weighted by molar-refractivity contribution is 7.47. The van der Waals surface area contributed by atoms with Gasteiger partial charge in [-0.15, -0.1) is 0 Å². The van der Waals surface area contributed by atoms with Crippen LogP contribution in [0.1, 0.15) is 395 Å². The van der Waals surface area contributed by atoms with Crippen LogP contribution in [-0.4, -0.2) is 96.7 Å². The molecule has 0 aliphatic rings. The van der Waals surface area contributed by atoms with Crippen LogP contribution in [0.4, 0.5) is 0 Å². The van der Waals surface area contributed by atoms with Crippen LogP contribution in [0.2, 0.25) is 0 Å². The number of hydrogen-bond donors (Lipinski definition) is 3. The molecule has 100 heavy (non-hydrogen) atoms. The van der Waals surface area contributed by atoms with Gasteiger partial charge >= 0.3 is 39.5 Å². The Morgan fingerprint density at radius 1 is 0.330 bits per heavy atom. The van der Waals surface area contributed by atoms with Crippen molar-refractivity contribution in [2.24, 2.45) is 17.8 Å². The quantitative estimate of drug-likeness (QED) is 0.0169. The third-order valence-corrected chi connectivity index (χ3v) is 20.5. The highest BCUT2D eigenvalue weighted by atomic mass is 31.2. The summed E-state index contributed by atoms with van der Waals surface area (Å²) in [5, 5.41) is 10.6. The lowest BCUT2D eigenvalue weighted by molar-refractivity contribution is -0.161. The van der Waals surface area contributed by atoms with E-state index in [4.69, 9.17) is 37.0 Å². The maximum Gasteiger partial charge on any atom is 0.472 e. The van der Waals surface area contributed by atoms with Crippen molar-refractivity contribution in [3.05, 3.63) is 24.3 Å². The van der Waals surface area contributed by atoms with E-state index in [2.05, 4.69) is 72.8 Å². The van der Waals surface area contributed by atoms with Crippen molar-refractivity contribution < 1.29 is 80.2 Å². The summed E-state index contributed by atoms with van der Waals surface area (Å²) in [6.07, 6.45) is 62.0. The third-order valence-electron chi connectivity index (χ3n) is 18.6. The molecule has 590 valence electrons. The van der Waals surface area contributed by atoms with Crippen LogP contribution in [0.15, 0.2) is 24.3 Å². The van der Waals surface area contributed by atoms with Gasteiger partial charge in [-0.3, -0.25) is 37.3 Å². The largest absolute Gasteiger partial charge is 0.472 e. The summed E-state index contributed by atoms with van der Waals surface area (Å²) < 4.78 is 68.6. The summed E-state index contributed by atoms with van der Waals surface area (Å²) in [7, 11) is -9.93. The molecule has 3 unspecified atom stereocenters. The molecule has 3 N–H and O–H groups in total. The molecule has 0 radical (unpaired) electrons. The summed E-state index contributed by atoms with van der Waals surface area (Å²) >= 11 is 0. The number of phosphoric ester groups is 2. The number of hydrogen-bond acceptors (Lipinski definition) is 15. The Morgan fingerprint density at radius 2 is 0.590 bits per heavy atom. The van der Waals surface area contributed by atoms with E-state index in [0.29, 0.717) is 31.6 Å². The second kappa shape index (κ2) is 70.8. The van der Waals surface area contributed by atoms with Crippen LogP contribution < -0.4 is 0 Å². The number of aliphatic hydroxyl groups is 1. The molecule has 0 bridgehead atoms. The summed E-state index contributed by atoms with van der Waals surface area (Å²) in [6.45, 7) is 11.9. The summed E-state index contributed by atoms with van der Waals surface area (Å²) in [6, 6.07) is 0. The fraction of sp³-hybridized carbons (Fsp3) is 0.901. The number of allylic oxidation sites excluding steroid dienone is 4. The summed E-state index contributed by atoms with van der Waals surface area (Å²) in [4.78, 5) is 73.0. The smallest absolute Gasteiger partial charge is 0.462 e. The highest BCUT2D eigenvalue weighted by Crippen LogP contribution is 2.45. The average molecular weight is 1460 g/mol. The van der Waals surface area contributed by atoms with Crippen LogP contribution in [0.3, 0.4) is 0 Å². The molecule has 0 aromatic heterocycles. The van der Waals surface area contributed by atoms with E-state index < -0.39 is 97.5 Å². The highest BCUT2D eigenvalue weighted by Gasteiger charge is 2.30. The maximum absolute atomic E-state index is 13.1. The lowest BCUT2D eigenvalue weighted by atomic mass is 9.99. The van der Waals surface area contributed by atoms with Gasteiger partial charge in [0, 0.05) is 25.7 Å². The minimum Gasteiger partial charge on any atom is -0.462 e. The first-order valence-electron chi connectivity index (χ1n) is 41.2. The zero-order valence-corrected chi connectivity index (χ0v) is 66.9. The van der Waals surface area contributed by atoms with E-state index in [1.165, 1.54) is 186 Å². The zero-order valence-electron chi connectivity index (χ0n) is 65.2. The topological polar surface area (TPSA) is 237 Å². The number of esters is 4. The molecular formula is C81H154O17P2. The fourth-order valence-electron chi connectivity index (χ4n) is 11.9. The Hall–Kier alpha value is -2.46. The fourth-order valence-corrected chi connectivity index (χ4v) is 13.5. The Kier molecular flexibility index (Phi) is 69.1. The van der Waals surface area contributed by atoms with E-state index in [9.17, 15) is 43.2 Å². The van der Waals surface area contributed by atoms with Crippen molar-refractivity contribution in [3.63, 3.8) is 0 Å². The molecule has 0 aliphatic heterocycles.